The van der Waals surface area contributed by atoms with E-state index in [0.717, 1.165) is 28.0 Å². The Labute approximate surface area is 136 Å². The summed E-state index contributed by atoms with van der Waals surface area (Å²) in [5, 5.41) is 3.00. The third-order valence-corrected chi connectivity index (χ3v) is 5.13. The van der Waals surface area contributed by atoms with Crippen LogP contribution in [-0.2, 0) is 12.8 Å². The minimum atomic E-state index is 1.00. The van der Waals surface area contributed by atoms with Crippen molar-refractivity contribution in [2.45, 2.75) is 19.3 Å². The maximum atomic E-state index is 4.84. The first-order valence-electron chi connectivity index (χ1n) is 7.00. The Morgan fingerprint density at radius 2 is 2.10 bits per heavy atom. The first kappa shape index (κ1) is 13.2. The third kappa shape index (κ3) is 2.43. The summed E-state index contributed by atoms with van der Waals surface area (Å²) in [6.45, 7) is 0. The number of fused-ring (bicyclic) bond motifs is 1. The Morgan fingerprint density at radius 3 is 2.90 bits per heavy atom. The van der Waals surface area contributed by atoms with E-state index in [0.29, 0.717) is 0 Å². The summed E-state index contributed by atoms with van der Waals surface area (Å²) in [6.07, 6.45) is 5.25. The molecule has 0 aliphatic heterocycles. The molecule has 0 radical (unpaired) electrons. The molecule has 0 N–H and O–H groups in total. The molecule has 3 aromatic rings. The van der Waals surface area contributed by atoms with Gasteiger partial charge < -0.3 is 0 Å². The van der Waals surface area contributed by atoms with Gasteiger partial charge >= 0.3 is 0 Å². The van der Waals surface area contributed by atoms with Gasteiger partial charge in [-0.3, -0.25) is 0 Å². The van der Waals surface area contributed by atoms with Crippen molar-refractivity contribution >= 4 is 27.3 Å². The molecule has 0 saturated heterocycles. The van der Waals surface area contributed by atoms with Crippen LogP contribution in [0.25, 0.3) is 21.8 Å². The number of pyridine rings is 1. The van der Waals surface area contributed by atoms with E-state index >= 15 is 0 Å². The lowest BCUT2D eigenvalue weighted by Gasteiger charge is -2.11. The molecule has 2 aromatic heterocycles. The predicted octanol–water partition coefficient (Wildman–Crippen LogP) is 5.12. The predicted molar refractivity (Wildman–Crippen MR) is 90.5 cm³/mol. The smallest absolute Gasteiger partial charge is 0.141 e. The Bertz CT molecular complexity index is 797. The second-order valence-electron chi connectivity index (χ2n) is 5.18. The Hall–Kier alpha value is -1.52. The third-order valence-electron chi connectivity index (χ3n) is 3.84. The SMILES string of the molecule is Brc1cccc(-c2cc(-c3nccs3)nc3c2CCC3)c1. The number of benzene rings is 1. The number of rotatable bonds is 2. The summed E-state index contributed by atoms with van der Waals surface area (Å²) in [4.78, 5) is 9.25. The van der Waals surface area contributed by atoms with E-state index in [2.05, 4.69) is 51.2 Å². The largest absolute Gasteiger partial charge is 0.250 e. The summed E-state index contributed by atoms with van der Waals surface area (Å²) < 4.78 is 1.11. The van der Waals surface area contributed by atoms with Crippen LogP contribution in [-0.4, -0.2) is 9.97 Å². The fourth-order valence-electron chi connectivity index (χ4n) is 2.92. The van der Waals surface area contributed by atoms with Crippen LogP contribution in [0.1, 0.15) is 17.7 Å². The number of halogens is 1. The van der Waals surface area contributed by atoms with Gasteiger partial charge in [0.15, 0.2) is 0 Å². The summed E-state index contributed by atoms with van der Waals surface area (Å²) in [5.41, 5.74) is 6.22. The second-order valence-corrected chi connectivity index (χ2v) is 6.99. The van der Waals surface area contributed by atoms with Crippen LogP contribution < -0.4 is 0 Å². The summed E-state index contributed by atoms with van der Waals surface area (Å²) >= 11 is 5.22. The minimum Gasteiger partial charge on any atom is -0.250 e. The quantitative estimate of drug-likeness (QED) is 0.636. The number of hydrogen-bond acceptors (Lipinski definition) is 3. The van der Waals surface area contributed by atoms with Crippen LogP contribution in [0.2, 0.25) is 0 Å². The van der Waals surface area contributed by atoms with Gasteiger partial charge in [0.1, 0.15) is 5.01 Å². The number of nitrogens with zero attached hydrogens (tertiary/aromatic N) is 2. The van der Waals surface area contributed by atoms with Crippen molar-refractivity contribution in [1.29, 1.82) is 0 Å². The molecule has 0 amide bonds. The van der Waals surface area contributed by atoms with Crippen molar-refractivity contribution < 1.29 is 0 Å². The van der Waals surface area contributed by atoms with Gasteiger partial charge in [0.2, 0.25) is 0 Å². The lowest BCUT2D eigenvalue weighted by Crippen LogP contribution is -1.95. The molecule has 21 heavy (non-hydrogen) atoms. The van der Waals surface area contributed by atoms with Crippen molar-refractivity contribution in [2.24, 2.45) is 0 Å². The first-order valence-corrected chi connectivity index (χ1v) is 8.67. The second kappa shape index (κ2) is 5.35. The molecule has 104 valence electrons. The highest BCUT2D eigenvalue weighted by Gasteiger charge is 2.20. The van der Waals surface area contributed by atoms with Gasteiger partial charge in [-0.2, -0.15) is 0 Å². The molecule has 1 aliphatic carbocycles. The van der Waals surface area contributed by atoms with Gasteiger partial charge in [0.25, 0.3) is 0 Å². The summed E-state index contributed by atoms with van der Waals surface area (Å²) in [7, 11) is 0. The maximum absolute atomic E-state index is 4.84. The molecule has 1 aromatic carbocycles. The number of thiazole rings is 1. The van der Waals surface area contributed by atoms with Crippen molar-refractivity contribution in [3.8, 4) is 21.8 Å². The first-order chi connectivity index (χ1) is 10.3. The van der Waals surface area contributed by atoms with Crippen molar-refractivity contribution in [2.75, 3.05) is 0 Å². The molecule has 0 spiro atoms. The van der Waals surface area contributed by atoms with Crippen LogP contribution in [0, 0.1) is 0 Å². The van der Waals surface area contributed by atoms with E-state index in [1.54, 1.807) is 11.3 Å². The zero-order valence-corrected chi connectivity index (χ0v) is 13.7. The highest BCUT2D eigenvalue weighted by Crippen LogP contribution is 2.36. The zero-order chi connectivity index (χ0) is 14.2. The zero-order valence-electron chi connectivity index (χ0n) is 11.3. The Balaban J connectivity index is 1.93. The minimum absolute atomic E-state index is 1.00. The molecule has 4 heteroatoms. The van der Waals surface area contributed by atoms with Gasteiger partial charge in [0.05, 0.1) is 5.69 Å². The molecular weight excluding hydrogens is 344 g/mol. The molecule has 0 unspecified atom stereocenters. The monoisotopic (exact) mass is 356 g/mol. The number of hydrogen-bond donors (Lipinski definition) is 0. The van der Waals surface area contributed by atoms with Crippen LogP contribution in [0.5, 0.6) is 0 Å². The average molecular weight is 357 g/mol. The van der Waals surface area contributed by atoms with Crippen LogP contribution in [0.15, 0.2) is 46.4 Å². The standard InChI is InChI=1S/C17H13BrN2S/c18-12-4-1-3-11(9-12)14-10-16(17-19-7-8-21-17)20-15-6-2-5-13(14)15/h1,3-4,7-10H,2,5-6H2. The fraction of sp³-hybridized carbons (Fsp3) is 0.176. The Morgan fingerprint density at radius 1 is 1.14 bits per heavy atom. The van der Waals surface area contributed by atoms with Crippen LogP contribution in [0.3, 0.4) is 0 Å². The van der Waals surface area contributed by atoms with E-state index in [1.807, 2.05) is 11.6 Å². The van der Waals surface area contributed by atoms with Gasteiger partial charge in [0, 0.05) is 21.7 Å². The molecule has 0 saturated carbocycles. The van der Waals surface area contributed by atoms with E-state index in [9.17, 15) is 0 Å². The highest BCUT2D eigenvalue weighted by molar-refractivity contribution is 9.10. The van der Waals surface area contributed by atoms with Gasteiger partial charge in [-0.05, 0) is 54.2 Å². The average Bonchev–Trinajstić information content (AvgIpc) is 3.17. The molecule has 2 nitrogen and oxygen atoms in total. The van der Waals surface area contributed by atoms with Gasteiger partial charge in [-0.15, -0.1) is 11.3 Å². The summed E-state index contributed by atoms with van der Waals surface area (Å²) in [5.74, 6) is 0. The molecule has 1 aliphatic rings. The van der Waals surface area contributed by atoms with E-state index in [1.165, 1.54) is 28.8 Å². The van der Waals surface area contributed by atoms with E-state index < -0.39 is 0 Å². The van der Waals surface area contributed by atoms with Crippen LogP contribution >= 0.6 is 27.3 Å². The molecule has 4 rings (SSSR count). The molecule has 0 bridgehead atoms. The van der Waals surface area contributed by atoms with Crippen molar-refractivity contribution in [3.05, 3.63) is 57.6 Å². The molecular formula is C17H13BrN2S. The van der Waals surface area contributed by atoms with Crippen LogP contribution in [0.4, 0.5) is 0 Å². The van der Waals surface area contributed by atoms with E-state index in [-0.39, 0.29) is 0 Å². The number of aromatic nitrogens is 2. The highest BCUT2D eigenvalue weighted by atomic mass is 79.9. The Kier molecular flexibility index (Phi) is 3.36. The lowest BCUT2D eigenvalue weighted by molar-refractivity contribution is 0.900. The topological polar surface area (TPSA) is 25.8 Å². The summed E-state index contributed by atoms with van der Waals surface area (Å²) in [6, 6.07) is 10.7. The van der Waals surface area contributed by atoms with E-state index in [4.69, 9.17) is 4.98 Å². The molecule has 0 atom stereocenters. The normalized spacial score (nSPS) is 13.4. The van der Waals surface area contributed by atoms with Crippen molar-refractivity contribution in [1.82, 2.24) is 9.97 Å². The fourth-order valence-corrected chi connectivity index (χ4v) is 3.91. The van der Waals surface area contributed by atoms with Crippen molar-refractivity contribution in [3.63, 3.8) is 0 Å². The van der Waals surface area contributed by atoms with Gasteiger partial charge in [-0.1, -0.05) is 28.1 Å². The number of aryl methyl sites for hydroxylation is 1. The lowest BCUT2D eigenvalue weighted by atomic mass is 9.99. The molecule has 0 fully saturated rings. The molecule has 2 heterocycles. The maximum Gasteiger partial charge on any atom is 0.141 e. The van der Waals surface area contributed by atoms with Gasteiger partial charge in [-0.25, -0.2) is 9.97 Å².